The normalized spacial score (nSPS) is 15.3. The Morgan fingerprint density at radius 3 is 2.59 bits per heavy atom. The molecular weight excluding hydrogens is 547 g/mol. The zero-order valence-corrected chi connectivity index (χ0v) is 24.8. The zero-order valence-electron chi connectivity index (χ0n) is 24.0. The van der Waals surface area contributed by atoms with Gasteiger partial charge in [-0.2, -0.15) is 0 Å². The van der Waals surface area contributed by atoms with Crippen molar-refractivity contribution in [2.24, 2.45) is 4.99 Å². The molecule has 41 heavy (non-hydrogen) atoms. The van der Waals surface area contributed by atoms with Gasteiger partial charge in [-0.05, 0) is 58.9 Å². The van der Waals surface area contributed by atoms with Crippen LogP contribution in [0.3, 0.4) is 0 Å². The molecule has 1 aliphatic carbocycles. The van der Waals surface area contributed by atoms with Crippen LogP contribution in [0.15, 0.2) is 38.9 Å². The summed E-state index contributed by atoms with van der Waals surface area (Å²) in [5.74, 6) is 0.503. The van der Waals surface area contributed by atoms with Crippen LogP contribution < -0.4 is 10.9 Å². The fraction of sp³-hybridized carbons (Fsp3) is 0.464. The fourth-order valence-corrected chi connectivity index (χ4v) is 5.10. The van der Waals surface area contributed by atoms with Crippen molar-refractivity contribution < 1.29 is 12.8 Å². The van der Waals surface area contributed by atoms with E-state index in [1.165, 1.54) is 30.0 Å². The highest BCUT2D eigenvalue weighted by Gasteiger charge is 2.31. The van der Waals surface area contributed by atoms with Gasteiger partial charge in [0, 0.05) is 16.9 Å². The van der Waals surface area contributed by atoms with E-state index >= 15 is 0 Å². The van der Waals surface area contributed by atoms with Gasteiger partial charge in [0.05, 0.1) is 34.9 Å². The highest BCUT2D eigenvalue weighted by Crippen LogP contribution is 2.43. The summed E-state index contributed by atoms with van der Waals surface area (Å²) >= 11 is 0. The summed E-state index contributed by atoms with van der Waals surface area (Å²) in [4.78, 5) is 40.4. The number of hydrogen-bond donors (Lipinski definition) is 1. The Morgan fingerprint density at radius 1 is 1.24 bits per heavy atom. The Bertz CT molecular complexity index is 1710. The number of anilines is 1. The predicted molar refractivity (Wildman–Crippen MR) is 158 cm³/mol. The summed E-state index contributed by atoms with van der Waals surface area (Å²) in [6.07, 6.45) is 7.08. The molecule has 3 heterocycles. The quantitative estimate of drug-likeness (QED) is 0.239. The van der Waals surface area contributed by atoms with Crippen molar-refractivity contribution in [1.29, 1.82) is 0 Å². The Labute approximate surface area is 238 Å². The van der Waals surface area contributed by atoms with E-state index in [0.29, 0.717) is 23.4 Å². The van der Waals surface area contributed by atoms with Crippen LogP contribution in [0.2, 0.25) is 0 Å². The minimum atomic E-state index is -3.35. The van der Waals surface area contributed by atoms with Crippen molar-refractivity contribution in [3.63, 3.8) is 0 Å². The topological polar surface area (TPSA) is 145 Å². The molecule has 1 N–H and O–H groups in total. The molecule has 0 amide bonds. The van der Waals surface area contributed by atoms with E-state index < -0.39 is 22.1 Å². The van der Waals surface area contributed by atoms with Gasteiger partial charge < -0.3 is 5.32 Å². The lowest BCUT2D eigenvalue weighted by atomic mass is 10.1. The molecule has 0 bridgehead atoms. The van der Waals surface area contributed by atoms with Gasteiger partial charge in [-0.25, -0.2) is 37.7 Å². The number of hydrogen-bond acceptors (Lipinski definition) is 10. The largest absolute Gasteiger partial charge is 0.360 e. The van der Waals surface area contributed by atoms with Crippen molar-refractivity contribution in [2.75, 3.05) is 17.6 Å². The van der Waals surface area contributed by atoms with Gasteiger partial charge in [0.25, 0.3) is 5.56 Å². The van der Waals surface area contributed by atoms with Gasteiger partial charge >= 0.3 is 0 Å². The zero-order chi connectivity index (χ0) is 29.9. The third-order valence-corrected chi connectivity index (χ3v) is 9.12. The molecular formula is C28H35FN8O3S. The number of fused-ring (bicyclic) bond motifs is 1. The number of aromatic nitrogens is 6. The van der Waals surface area contributed by atoms with E-state index in [4.69, 9.17) is 4.98 Å². The van der Waals surface area contributed by atoms with Crippen LogP contribution in [-0.2, 0) is 16.5 Å². The van der Waals surface area contributed by atoms with Crippen LogP contribution in [0.25, 0.3) is 22.6 Å². The first-order chi connectivity index (χ1) is 19.6. The number of sulfone groups is 1. The molecule has 11 nitrogen and oxygen atoms in total. The molecule has 0 aromatic carbocycles. The fourth-order valence-electron chi connectivity index (χ4n) is 4.37. The first kappa shape index (κ1) is 30.1. The summed E-state index contributed by atoms with van der Waals surface area (Å²) in [5, 5.41) is 2.97. The number of halogens is 1. The second-order valence-corrected chi connectivity index (χ2v) is 12.5. The van der Waals surface area contributed by atoms with Gasteiger partial charge in [0.1, 0.15) is 24.2 Å². The third kappa shape index (κ3) is 6.24. The van der Waals surface area contributed by atoms with Crippen molar-refractivity contribution in [2.45, 2.75) is 72.5 Å². The van der Waals surface area contributed by atoms with E-state index in [0.717, 1.165) is 18.5 Å². The minimum Gasteiger partial charge on any atom is -0.360 e. The van der Waals surface area contributed by atoms with Gasteiger partial charge in [-0.15, -0.1) is 0 Å². The monoisotopic (exact) mass is 582 g/mol. The van der Waals surface area contributed by atoms with Gasteiger partial charge in [0.15, 0.2) is 27.1 Å². The van der Waals surface area contributed by atoms with Crippen LogP contribution >= 0.6 is 0 Å². The smallest absolute Gasteiger partial charge is 0.295 e. The first-order valence-electron chi connectivity index (χ1n) is 13.6. The predicted octanol–water partition coefficient (Wildman–Crippen LogP) is 4.60. The van der Waals surface area contributed by atoms with Crippen LogP contribution in [-0.4, -0.2) is 56.9 Å². The van der Waals surface area contributed by atoms with E-state index in [9.17, 15) is 17.6 Å². The highest BCUT2D eigenvalue weighted by atomic mass is 32.2. The maximum Gasteiger partial charge on any atom is 0.295 e. The molecule has 0 saturated heterocycles. The number of allylic oxidation sites excluding steroid dienone is 3. The number of nitrogens with one attached hydrogen (secondary N) is 1. The summed E-state index contributed by atoms with van der Waals surface area (Å²) in [7, 11) is -3.35. The van der Waals surface area contributed by atoms with Gasteiger partial charge in [0.2, 0.25) is 0 Å². The summed E-state index contributed by atoms with van der Waals surface area (Å²) < 4.78 is 40.1. The lowest BCUT2D eigenvalue weighted by Crippen LogP contribution is -2.29. The molecule has 0 aliphatic heterocycles. The summed E-state index contributed by atoms with van der Waals surface area (Å²) in [5.41, 5.74) is 2.58. The average Bonchev–Trinajstić information content (AvgIpc) is 3.81. The summed E-state index contributed by atoms with van der Waals surface area (Å²) in [6.45, 7) is 11.4. The Morgan fingerprint density at radius 2 is 1.98 bits per heavy atom. The Balaban J connectivity index is 1.83. The molecule has 218 valence electrons. The molecule has 3 aromatic rings. The lowest BCUT2D eigenvalue weighted by Gasteiger charge is -2.19. The van der Waals surface area contributed by atoms with Crippen LogP contribution in [0.4, 0.5) is 10.2 Å². The molecule has 0 spiro atoms. The first-order valence-corrected chi connectivity index (χ1v) is 15.2. The number of aliphatic imine (C=N–C) groups is 1. The average molecular weight is 583 g/mol. The maximum absolute atomic E-state index is 14.5. The Hall–Kier alpha value is -3.87. The molecule has 1 aliphatic rings. The van der Waals surface area contributed by atoms with Crippen molar-refractivity contribution >= 4 is 33.5 Å². The van der Waals surface area contributed by atoms with Gasteiger partial charge in [-0.3, -0.25) is 14.4 Å². The van der Waals surface area contributed by atoms with Crippen molar-refractivity contribution in [3.05, 3.63) is 56.5 Å². The second-order valence-electron chi connectivity index (χ2n) is 10.0. The standard InChI is InChI=1S/C28H35FN8O3S/c1-7-16(3)37-27-24(21(13-29)34-25(36-27)22-18(5)32-15-33-23(22)19-10-11-19)35-26(28(37)38)31-14-20(30-6)12-9-17(4)41(39,40)8-2/h9,12,15-16,19H,6-8,10-11,13-14H2,1-5H3,(H,31,35)/b17-9+,20-12-/t16-/m1/s1. The number of nitrogens with zero attached hydrogens (tertiary/aromatic N) is 7. The molecule has 3 aromatic heterocycles. The SMILES string of the molecule is C=N/C(=C\C=C(/C)S(=O)(=O)CC)CNc1nc2c(CF)nc(-c3c(C)ncnc3C3CC3)nc2n([C@H](C)CC)c1=O. The molecule has 1 atom stereocenters. The molecule has 4 rings (SSSR count). The van der Waals surface area contributed by atoms with Crippen molar-refractivity contribution in [1.82, 2.24) is 29.5 Å². The number of alkyl halides is 1. The van der Waals surface area contributed by atoms with E-state index in [1.54, 1.807) is 6.92 Å². The maximum atomic E-state index is 14.5. The minimum absolute atomic E-state index is 0.0200. The highest BCUT2D eigenvalue weighted by molar-refractivity contribution is 7.95. The van der Waals surface area contributed by atoms with E-state index in [-0.39, 0.29) is 57.7 Å². The lowest BCUT2D eigenvalue weighted by molar-refractivity contribution is 0.477. The number of rotatable bonds is 12. The third-order valence-electron chi connectivity index (χ3n) is 7.24. The van der Waals surface area contributed by atoms with Gasteiger partial charge in [-0.1, -0.05) is 13.8 Å². The molecule has 0 radical (unpaired) electrons. The molecule has 1 saturated carbocycles. The van der Waals surface area contributed by atoms with E-state index in [1.807, 2.05) is 20.8 Å². The Kier molecular flexibility index (Phi) is 9.05. The molecule has 1 fully saturated rings. The summed E-state index contributed by atoms with van der Waals surface area (Å²) in [6, 6.07) is -0.280. The number of aryl methyl sites for hydroxylation is 1. The van der Waals surface area contributed by atoms with Crippen molar-refractivity contribution in [3.8, 4) is 11.4 Å². The van der Waals surface area contributed by atoms with E-state index in [2.05, 4.69) is 37.0 Å². The van der Waals surface area contributed by atoms with Crippen LogP contribution in [0.5, 0.6) is 0 Å². The van der Waals surface area contributed by atoms with Crippen LogP contribution in [0, 0.1) is 6.92 Å². The second kappa shape index (κ2) is 12.3. The molecule has 13 heteroatoms. The molecule has 0 unspecified atom stereocenters. The van der Waals surface area contributed by atoms with Crippen LogP contribution in [0.1, 0.15) is 76.0 Å².